The van der Waals surface area contributed by atoms with Gasteiger partial charge in [-0.1, -0.05) is 13.0 Å². The van der Waals surface area contributed by atoms with Gasteiger partial charge in [0, 0.05) is 19.7 Å². The van der Waals surface area contributed by atoms with Crippen molar-refractivity contribution in [3.63, 3.8) is 0 Å². The molecular formula is C15H25N3O2. The molecule has 0 aromatic heterocycles. The van der Waals surface area contributed by atoms with E-state index in [2.05, 4.69) is 12.3 Å². The molecule has 3 N–H and O–H groups in total. The van der Waals surface area contributed by atoms with Gasteiger partial charge in [-0.25, -0.2) is 0 Å². The molecule has 0 aliphatic rings. The monoisotopic (exact) mass is 279 g/mol. The number of nitrogen functional groups attached to an aromatic ring is 1. The molecule has 0 saturated heterocycles. The highest BCUT2D eigenvalue weighted by Gasteiger charge is 2.22. The summed E-state index contributed by atoms with van der Waals surface area (Å²) < 4.78 is 5.09. The molecule has 1 unspecified atom stereocenters. The van der Waals surface area contributed by atoms with Crippen LogP contribution < -0.4 is 11.3 Å². The number of carbonyl (C=O) groups is 1. The van der Waals surface area contributed by atoms with Crippen molar-refractivity contribution in [2.24, 2.45) is 5.84 Å². The largest absolute Gasteiger partial charge is 0.383 e. The van der Waals surface area contributed by atoms with E-state index in [0.717, 1.165) is 12.0 Å². The van der Waals surface area contributed by atoms with Gasteiger partial charge in [0.1, 0.15) is 0 Å². The maximum absolute atomic E-state index is 12.7. The average Bonchev–Trinajstić information content (AvgIpc) is 2.46. The minimum Gasteiger partial charge on any atom is -0.383 e. The smallest absolute Gasteiger partial charge is 0.256 e. The molecule has 5 nitrogen and oxygen atoms in total. The molecule has 5 heteroatoms. The molecule has 0 radical (unpaired) electrons. The first kappa shape index (κ1) is 16.5. The van der Waals surface area contributed by atoms with Crippen molar-refractivity contribution < 1.29 is 9.53 Å². The quantitative estimate of drug-likeness (QED) is 0.593. The number of aryl methyl sites for hydroxylation is 1. The minimum absolute atomic E-state index is 0.0237. The molecule has 0 aliphatic heterocycles. The fourth-order valence-electron chi connectivity index (χ4n) is 2.05. The van der Waals surface area contributed by atoms with E-state index >= 15 is 0 Å². The Bertz CT molecular complexity index is 449. The second kappa shape index (κ2) is 7.87. The SMILES string of the molecule is CCC(C)N(CCOC)C(=O)c1ccc(C)cc1NN. The molecule has 1 rings (SSSR count). The number of benzene rings is 1. The highest BCUT2D eigenvalue weighted by Crippen LogP contribution is 2.20. The van der Waals surface area contributed by atoms with E-state index in [1.54, 1.807) is 7.11 Å². The Labute approximate surface area is 121 Å². The molecule has 1 atom stereocenters. The summed E-state index contributed by atoms with van der Waals surface area (Å²) in [5, 5.41) is 0. The molecule has 0 aliphatic carbocycles. The van der Waals surface area contributed by atoms with Gasteiger partial charge in [-0.2, -0.15) is 0 Å². The van der Waals surface area contributed by atoms with Gasteiger partial charge >= 0.3 is 0 Å². The van der Waals surface area contributed by atoms with Crippen LogP contribution in [0.15, 0.2) is 18.2 Å². The van der Waals surface area contributed by atoms with Crippen molar-refractivity contribution in [3.05, 3.63) is 29.3 Å². The Kier molecular flexibility index (Phi) is 6.48. The van der Waals surface area contributed by atoms with Crippen LogP contribution in [0.25, 0.3) is 0 Å². The molecule has 112 valence electrons. The van der Waals surface area contributed by atoms with Gasteiger partial charge in [0.05, 0.1) is 17.9 Å². The summed E-state index contributed by atoms with van der Waals surface area (Å²) in [5.41, 5.74) is 4.91. The zero-order valence-electron chi connectivity index (χ0n) is 12.8. The third-order valence-electron chi connectivity index (χ3n) is 3.48. The number of nitrogens with two attached hydrogens (primary N) is 1. The number of ether oxygens (including phenoxy) is 1. The number of methoxy groups -OCH3 is 1. The summed E-state index contributed by atoms with van der Waals surface area (Å²) >= 11 is 0. The Hall–Kier alpha value is -1.59. The van der Waals surface area contributed by atoms with Crippen molar-refractivity contribution in [2.75, 3.05) is 25.7 Å². The van der Waals surface area contributed by atoms with Gasteiger partial charge < -0.3 is 15.1 Å². The molecule has 0 bridgehead atoms. The first-order valence-corrected chi connectivity index (χ1v) is 6.92. The number of hydrazine groups is 1. The van der Waals surface area contributed by atoms with Crippen LogP contribution in [0.5, 0.6) is 0 Å². The number of hydrogen-bond donors (Lipinski definition) is 2. The lowest BCUT2D eigenvalue weighted by molar-refractivity contribution is 0.0615. The van der Waals surface area contributed by atoms with Crippen LogP contribution in [0.1, 0.15) is 36.2 Å². The second-order valence-electron chi connectivity index (χ2n) is 4.94. The molecule has 0 spiro atoms. The minimum atomic E-state index is -0.0237. The highest BCUT2D eigenvalue weighted by molar-refractivity contribution is 5.99. The zero-order valence-corrected chi connectivity index (χ0v) is 12.8. The Morgan fingerprint density at radius 1 is 1.50 bits per heavy atom. The van der Waals surface area contributed by atoms with E-state index in [9.17, 15) is 4.79 Å². The van der Waals surface area contributed by atoms with Gasteiger partial charge in [-0.3, -0.25) is 10.6 Å². The van der Waals surface area contributed by atoms with Gasteiger partial charge in [0.2, 0.25) is 0 Å². The summed E-state index contributed by atoms with van der Waals surface area (Å²) in [5.74, 6) is 5.50. The average molecular weight is 279 g/mol. The first-order chi connectivity index (χ1) is 9.54. The van der Waals surface area contributed by atoms with Crippen LogP contribution in [0, 0.1) is 6.92 Å². The second-order valence-corrected chi connectivity index (χ2v) is 4.94. The van der Waals surface area contributed by atoms with Gasteiger partial charge in [-0.15, -0.1) is 0 Å². The highest BCUT2D eigenvalue weighted by atomic mass is 16.5. The molecule has 0 saturated carbocycles. The van der Waals surface area contributed by atoms with Crippen LogP contribution in [-0.2, 0) is 4.74 Å². The zero-order chi connectivity index (χ0) is 15.1. The fraction of sp³-hybridized carbons (Fsp3) is 0.533. The lowest BCUT2D eigenvalue weighted by Crippen LogP contribution is -2.40. The molecule has 0 fully saturated rings. The van der Waals surface area contributed by atoms with Crippen molar-refractivity contribution in [2.45, 2.75) is 33.2 Å². The molecule has 1 amide bonds. The summed E-state index contributed by atoms with van der Waals surface area (Å²) in [6.07, 6.45) is 0.896. The van der Waals surface area contributed by atoms with Gasteiger partial charge in [0.25, 0.3) is 5.91 Å². The van der Waals surface area contributed by atoms with Crippen LogP contribution in [0.2, 0.25) is 0 Å². The van der Waals surface area contributed by atoms with Gasteiger partial charge in [-0.05, 0) is 38.0 Å². The molecule has 1 aromatic rings. The summed E-state index contributed by atoms with van der Waals surface area (Å²) in [6, 6.07) is 5.76. The fourth-order valence-corrected chi connectivity index (χ4v) is 2.05. The normalized spacial score (nSPS) is 12.1. The van der Waals surface area contributed by atoms with E-state index in [0.29, 0.717) is 24.4 Å². The molecule has 0 heterocycles. The standard InChI is InChI=1S/C15H25N3O2/c1-5-12(3)18(8-9-20-4)15(19)13-7-6-11(2)10-14(13)17-16/h6-7,10,12,17H,5,8-9,16H2,1-4H3. The summed E-state index contributed by atoms with van der Waals surface area (Å²) in [6.45, 7) is 7.16. The van der Waals surface area contributed by atoms with Crippen LogP contribution in [-0.4, -0.2) is 37.1 Å². The summed E-state index contributed by atoms with van der Waals surface area (Å²) in [7, 11) is 1.64. The number of amides is 1. The number of rotatable bonds is 7. The lowest BCUT2D eigenvalue weighted by atomic mass is 10.1. The van der Waals surface area contributed by atoms with Gasteiger partial charge in [0.15, 0.2) is 0 Å². The van der Waals surface area contributed by atoms with Crippen LogP contribution in [0.3, 0.4) is 0 Å². The third-order valence-corrected chi connectivity index (χ3v) is 3.48. The Morgan fingerprint density at radius 2 is 2.20 bits per heavy atom. The predicted molar refractivity (Wildman–Crippen MR) is 81.7 cm³/mol. The summed E-state index contributed by atoms with van der Waals surface area (Å²) in [4.78, 5) is 14.5. The van der Waals surface area contributed by atoms with Crippen molar-refractivity contribution >= 4 is 11.6 Å². The van der Waals surface area contributed by atoms with E-state index in [-0.39, 0.29) is 11.9 Å². The van der Waals surface area contributed by atoms with Crippen molar-refractivity contribution in [3.8, 4) is 0 Å². The number of nitrogens with zero attached hydrogens (tertiary/aromatic N) is 1. The van der Waals surface area contributed by atoms with Crippen molar-refractivity contribution in [1.29, 1.82) is 0 Å². The maximum atomic E-state index is 12.7. The number of anilines is 1. The maximum Gasteiger partial charge on any atom is 0.256 e. The van der Waals surface area contributed by atoms with E-state index in [1.165, 1.54) is 0 Å². The van der Waals surface area contributed by atoms with Crippen LogP contribution in [0.4, 0.5) is 5.69 Å². The molecule has 1 aromatic carbocycles. The predicted octanol–water partition coefficient (Wildman–Crippen LogP) is 2.17. The Morgan fingerprint density at radius 3 is 2.75 bits per heavy atom. The van der Waals surface area contributed by atoms with E-state index in [1.807, 2.05) is 36.9 Å². The number of carbonyl (C=O) groups excluding carboxylic acids is 1. The third kappa shape index (κ3) is 3.95. The first-order valence-electron chi connectivity index (χ1n) is 6.92. The van der Waals surface area contributed by atoms with Crippen LogP contribution >= 0.6 is 0 Å². The topological polar surface area (TPSA) is 67.6 Å². The van der Waals surface area contributed by atoms with E-state index < -0.39 is 0 Å². The molecule has 20 heavy (non-hydrogen) atoms. The molecular weight excluding hydrogens is 254 g/mol. The number of nitrogens with one attached hydrogen (secondary N) is 1. The van der Waals surface area contributed by atoms with Crippen molar-refractivity contribution in [1.82, 2.24) is 4.90 Å². The number of hydrogen-bond acceptors (Lipinski definition) is 4. The van der Waals surface area contributed by atoms with E-state index in [4.69, 9.17) is 10.6 Å². The lowest BCUT2D eigenvalue weighted by Gasteiger charge is -2.29. The Balaban J connectivity index is 3.04.